The number of carbonyl (C=O) groups is 1. The molecular formula is C16H23NO2. The van der Waals surface area contributed by atoms with E-state index in [0.717, 1.165) is 32.2 Å². The average molecular weight is 261 g/mol. The number of nitrogens with one attached hydrogen (secondary N) is 1. The standard InChI is InChI=1S/C16H23NO2/c1-11-5-3-6-12(2)15(11)10-17-14-8-4-7-13(9-14)16(18)19/h3,5-6,13-14,17H,4,7-10H2,1-2H3,(H,18,19). The van der Waals surface area contributed by atoms with Crippen molar-refractivity contribution in [2.24, 2.45) is 5.92 Å². The van der Waals surface area contributed by atoms with Crippen LogP contribution in [-0.2, 0) is 11.3 Å². The summed E-state index contributed by atoms with van der Waals surface area (Å²) >= 11 is 0. The normalized spacial score (nSPS) is 23.3. The summed E-state index contributed by atoms with van der Waals surface area (Å²) < 4.78 is 0. The minimum absolute atomic E-state index is 0.163. The molecule has 2 unspecified atom stereocenters. The highest BCUT2D eigenvalue weighted by molar-refractivity contribution is 5.70. The van der Waals surface area contributed by atoms with Gasteiger partial charge in [0.15, 0.2) is 0 Å². The fourth-order valence-corrected chi connectivity index (χ4v) is 2.97. The Balaban J connectivity index is 1.93. The van der Waals surface area contributed by atoms with E-state index in [1.54, 1.807) is 0 Å². The lowest BCUT2D eigenvalue weighted by molar-refractivity contribution is -0.143. The van der Waals surface area contributed by atoms with Gasteiger partial charge in [-0.15, -0.1) is 0 Å². The lowest BCUT2D eigenvalue weighted by Gasteiger charge is -2.28. The lowest BCUT2D eigenvalue weighted by atomic mass is 9.85. The molecule has 0 heterocycles. The largest absolute Gasteiger partial charge is 0.481 e. The second-order valence-electron chi connectivity index (χ2n) is 5.65. The lowest BCUT2D eigenvalue weighted by Crippen LogP contribution is -2.36. The summed E-state index contributed by atoms with van der Waals surface area (Å²) in [4.78, 5) is 11.1. The molecule has 2 rings (SSSR count). The van der Waals surface area contributed by atoms with E-state index in [-0.39, 0.29) is 5.92 Å². The van der Waals surface area contributed by atoms with Gasteiger partial charge in [-0.1, -0.05) is 24.6 Å². The maximum Gasteiger partial charge on any atom is 0.306 e. The van der Waals surface area contributed by atoms with Crippen LogP contribution in [0.25, 0.3) is 0 Å². The van der Waals surface area contributed by atoms with Crippen molar-refractivity contribution in [2.75, 3.05) is 0 Å². The molecule has 0 spiro atoms. The first-order chi connectivity index (χ1) is 9.08. The molecule has 2 N–H and O–H groups in total. The van der Waals surface area contributed by atoms with Gasteiger partial charge in [0, 0.05) is 12.6 Å². The Morgan fingerprint density at radius 2 is 2.00 bits per heavy atom. The van der Waals surface area contributed by atoms with E-state index in [1.165, 1.54) is 16.7 Å². The topological polar surface area (TPSA) is 49.3 Å². The van der Waals surface area contributed by atoms with Crippen molar-refractivity contribution in [3.63, 3.8) is 0 Å². The molecule has 1 fully saturated rings. The molecule has 1 aromatic carbocycles. The van der Waals surface area contributed by atoms with E-state index in [4.69, 9.17) is 5.11 Å². The van der Waals surface area contributed by atoms with Crippen LogP contribution in [0.2, 0.25) is 0 Å². The molecule has 104 valence electrons. The summed E-state index contributed by atoms with van der Waals surface area (Å²) in [5.41, 5.74) is 3.95. The third kappa shape index (κ3) is 3.57. The number of aliphatic carboxylic acids is 1. The Labute approximate surface area is 115 Å². The summed E-state index contributed by atoms with van der Waals surface area (Å²) in [7, 11) is 0. The first-order valence-corrected chi connectivity index (χ1v) is 7.09. The molecule has 1 aliphatic carbocycles. The molecule has 3 nitrogen and oxygen atoms in total. The van der Waals surface area contributed by atoms with E-state index >= 15 is 0 Å². The van der Waals surface area contributed by atoms with Crippen LogP contribution in [0.3, 0.4) is 0 Å². The molecule has 1 aliphatic rings. The van der Waals surface area contributed by atoms with E-state index in [1.807, 2.05) is 0 Å². The SMILES string of the molecule is Cc1cccc(C)c1CNC1CCCC(C(=O)O)C1. The number of carboxylic acid groups (broad SMARTS) is 1. The summed E-state index contributed by atoms with van der Waals surface area (Å²) in [6.45, 7) is 5.10. The number of aryl methyl sites for hydroxylation is 2. The second-order valence-corrected chi connectivity index (χ2v) is 5.65. The molecule has 1 saturated carbocycles. The monoisotopic (exact) mass is 261 g/mol. The van der Waals surface area contributed by atoms with Gasteiger partial charge in [-0.2, -0.15) is 0 Å². The van der Waals surface area contributed by atoms with Crippen molar-refractivity contribution in [1.29, 1.82) is 0 Å². The van der Waals surface area contributed by atoms with E-state index in [9.17, 15) is 4.79 Å². The Kier molecular flexibility index (Phi) is 4.59. The van der Waals surface area contributed by atoms with Crippen molar-refractivity contribution in [3.05, 3.63) is 34.9 Å². The molecule has 19 heavy (non-hydrogen) atoms. The van der Waals surface area contributed by atoms with E-state index in [0.29, 0.717) is 6.04 Å². The van der Waals surface area contributed by atoms with E-state index < -0.39 is 5.97 Å². The molecule has 1 aromatic rings. The van der Waals surface area contributed by atoms with Crippen molar-refractivity contribution in [2.45, 2.75) is 52.1 Å². The van der Waals surface area contributed by atoms with Gasteiger partial charge >= 0.3 is 5.97 Å². The van der Waals surface area contributed by atoms with Crippen LogP contribution < -0.4 is 5.32 Å². The molecule has 0 bridgehead atoms. The van der Waals surface area contributed by atoms with Crippen molar-refractivity contribution >= 4 is 5.97 Å². The summed E-state index contributed by atoms with van der Waals surface area (Å²) in [6, 6.07) is 6.68. The predicted molar refractivity (Wildman–Crippen MR) is 76.1 cm³/mol. The Hall–Kier alpha value is -1.35. The second kappa shape index (κ2) is 6.20. The third-order valence-electron chi connectivity index (χ3n) is 4.24. The first-order valence-electron chi connectivity index (χ1n) is 7.09. The van der Waals surface area contributed by atoms with Crippen LogP contribution in [0.5, 0.6) is 0 Å². The van der Waals surface area contributed by atoms with Crippen LogP contribution >= 0.6 is 0 Å². The number of rotatable bonds is 4. The number of benzene rings is 1. The zero-order valence-electron chi connectivity index (χ0n) is 11.8. The maximum absolute atomic E-state index is 11.1. The molecule has 2 atom stereocenters. The molecular weight excluding hydrogens is 238 g/mol. The highest BCUT2D eigenvalue weighted by Gasteiger charge is 2.26. The first kappa shape index (κ1) is 14.1. The summed E-state index contributed by atoms with van der Waals surface area (Å²) in [5.74, 6) is -0.803. The maximum atomic E-state index is 11.1. The quantitative estimate of drug-likeness (QED) is 0.876. The van der Waals surface area contributed by atoms with Gasteiger partial charge in [-0.25, -0.2) is 0 Å². The molecule has 3 heteroatoms. The van der Waals surface area contributed by atoms with Crippen molar-refractivity contribution in [1.82, 2.24) is 5.32 Å². The minimum atomic E-state index is -0.640. The minimum Gasteiger partial charge on any atom is -0.481 e. The van der Waals surface area contributed by atoms with Gasteiger partial charge in [0.25, 0.3) is 0 Å². The highest BCUT2D eigenvalue weighted by atomic mass is 16.4. The zero-order valence-corrected chi connectivity index (χ0v) is 11.8. The summed E-state index contributed by atoms with van der Waals surface area (Å²) in [6.07, 6.45) is 3.70. The van der Waals surface area contributed by atoms with Crippen LogP contribution in [0, 0.1) is 19.8 Å². The molecule has 0 amide bonds. The van der Waals surface area contributed by atoms with E-state index in [2.05, 4.69) is 37.4 Å². The van der Waals surface area contributed by atoms with Gasteiger partial charge < -0.3 is 10.4 Å². The summed E-state index contributed by atoms with van der Waals surface area (Å²) in [5, 5.41) is 12.6. The van der Waals surface area contributed by atoms with Crippen LogP contribution in [0.15, 0.2) is 18.2 Å². The number of hydrogen-bond acceptors (Lipinski definition) is 2. The number of carboxylic acids is 1. The van der Waals surface area contributed by atoms with Gasteiger partial charge in [0.2, 0.25) is 0 Å². The smallest absolute Gasteiger partial charge is 0.306 e. The Morgan fingerprint density at radius 3 is 2.63 bits per heavy atom. The van der Waals surface area contributed by atoms with Crippen LogP contribution in [0.1, 0.15) is 42.4 Å². The number of hydrogen-bond donors (Lipinski definition) is 2. The molecule has 0 aromatic heterocycles. The fraction of sp³-hybridized carbons (Fsp3) is 0.562. The van der Waals surface area contributed by atoms with Gasteiger partial charge in [0.05, 0.1) is 5.92 Å². The van der Waals surface area contributed by atoms with Crippen molar-refractivity contribution in [3.8, 4) is 0 Å². The Morgan fingerprint density at radius 1 is 1.32 bits per heavy atom. The van der Waals surface area contributed by atoms with Gasteiger partial charge in [-0.05, 0) is 49.8 Å². The van der Waals surface area contributed by atoms with Crippen LogP contribution in [-0.4, -0.2) is 17.1 Å². The predicted octanol–water partition coefficient (Wildman–Crippen LogP) is 3.04. The highest BCUT2D eigenvalue weighted by Crippen LogP contribution is 2.25. The van der Waals surface area contributed by atoms with Gasteiger partial charge in [0.1, 0.15) is 0 Å². The average Bonchev–Trinajstić information content (AvgIpc) is 2.38. The molecule has 0 saturated heterocycles. The Bertz CT molecular complexity index is 436. The molecule has 0 radical (unpaired) electrons. The third-order valence-corrected chi connectivity index (χ3v) is 4.24. The van der Waals surface area contributed by atoms with Crippen molar-refractivity contribution < 1.29 is 9.90 Å². The fourth-order valence-electron chi connectivity index (χ4n) is 2.97. The van der Waals surface area contributed by atoms with Crippen LogP contribution in [0.4, 0.5) is 0 Å². The zero-order chi connectivity index (χ0) is 13.8. The van der Waals surface area contributed by atoms with Gasteiger partial charge in [-0.3, -0.25) is 4.79 Å². The molecule has 0 aliphatic heterocycles.